The van der Waals surface area contributed by atoms with Gasteiger partial charge in [0.15, 0.2) is 0 Å². The Kier molecular flexibility index (Phi) is 9.35. The van der Waals surface area contributed by atoms with Crippen molar-refractivity contribution < 1.29 is 13.5 Å². The van der Waals surface area contributed by atoms with Crippen LogP contribution in [0.5, 0.6) is 0 Å². The van der Waals surface area contributed by atoms with E-state index >= 15 is 0 Å². The molecule has 0 aliphatic heterocycles. The van der Waals surface area contributed by atoms with Crippen molar-refractivity contribution in [2.45, 2.75) is 70.7 Å². The van der Waals surface area contributed by atoms with E-state index in [1.807, 2.05) is 13.8 Å². The summed E-state index contributed by atoms with van der Waals surface area (Å²) in [4.78, 5) is 0.200. The van der Waals surface area contributed by atoms with Gasteiger partial charge in [0.25, 0.3) is 0 Å². The van der Waals surface area contributed by atoms with E-state index in [1.54, 1.807) is 12.1 Å². The van der Waals surface area contributed by atoms with Crippen LogP contribution in [0.1, 0.15) is 59.1 Å². The first-order valence-corrected chi connectivity index (χ1v) is 13.1. The van der Waals surface area contributed by atoms with Crippen LogP contribution in [0.15, 0.2) is 53.4 Å². The van der Waals surface area contributed by atoms with E-state index in [-0.39, 0.29) is 28.8 Å². The van der Waals surface area contributed by atoms with Crippen LogP contribution in [0.2, 0.25) is 5.02 Å². The molecule has 178 valence electrons. The van der Waals surface area contributed by atoms with Crippen molar-refractivity contribution in [1.29, 1.82) is 0 Å². The molecular weight excluding hydrogens is 442 g/mol. The molecule has 0 aromatic heterocycles. The zero-order chi connectivity index (χ0) is 24.1. The SMILES string of the molecule is CC(C)CC(CO)N(CC(C)Cc1ccc(C(C)(C)C)cc1)S(=O)(=O)c1ccc(Cl)cc1. The van der Waals surface area contributed by atoms with Crippen molar-refractivity contribution >= 4 is 21.6 Å². The van der Waals surface area contributed by atoms with Crippen molar-refractivity contribution in [2.75, 3.05) is 13.2 Å². The Morgan fingerprint density at radius 3 is 2.00 bits per heavy atom. The summed E-state index contributed by atoms with van der Waals surface area (Å²) in [7, 11) is -3.77. The van der Waals surface area contributed by atoms with Crippen LogP contribution in [0.3, 0.4) is 0 Å². The monoisotopic (exact) mass is 479 g/mol. The van der Waals surface area contributed by atoms with Crippen LogP contribution < -0.4 is 0 Å². The lowest BCUT2D eigenvalue weighted by atomic mass is 9.86. The van der Waals surface area contributed by atoms with Crippen LogP contribution in [0, 0.1) is 11.8 Å². The Labute approximate surface area is 199 Å². The Bertz CT molecular complexity index is 948. The number of rotatable bonds is 10. The lowest BCUT2D eigenvalue weighted by Gasteiger charge is -2.33. The molecule has 0 radical (unpaired) electrons. The third-order valence-electron chi connectivity index (χ3n) is 5.68. The second kappa shape index (κ2) is 11.1. The molecule has 0 aliphatic carbocycles. The quantitative estimate of drug-likeness (QED) is 0.460. The third-order valence-corrected chi connectivity index (χ3v) is 7.86. The van der Waals surface area contributed by atoms with Crippen LogP contribution in [-0.4, -0.2) is 37.0 Å². The summed E-state index contributed by atoms with van der Waals surface area (Å²) in [6.45, 7) is 12.8. The summed E-state index contributed by atoms with van der Waals surface area (Å²) in [5.41, 5.74) is 2.55. The van der Waals surface area contributed by atoms with Gasteiger partial charge in [-0.2, -0.15) is 4.31 Å². The molecule has 4 nitrogen and oxygen atoms in total. The fraction of sp³-hybridized carbons (Fsp3) is 0.538. The molecule has 2 rings (SSSR count). The van der Waals surface area contributed by atoms with Crippen LogP contribution in [0.4, 0.5) is 0 Å². The molecule has 2 aromatic rings. The molecule has 0 fully saturated rings. The van der Waals surface area contributed by atoms with Gasteiger partial charge in [-0.15, -0.1) is 0 Å². The Morgan fingerprint density at radius 2 is 1.53 bits per heavy atom. The number of sulfonamides is 1. The van der Waals surface area contributed by atoms with Crippen LogP contribution in [0.25, 0.3) is 0 Å². The summed E-state index contributed by atoms with van der Waals surface area (Å²) in [5.74, 6) is 0.342. The number of nitrogens with zero attached hydrogens (tertiary/aromatic N) is 1. The van der Waals surface area contributed by atoms with Crippen molar-refractivity contribution in [3.05, 3.63) is 64.7 Å². The molecular formula is C26H38ClNO3S. The molecule has 0 spiro atoms. The lowest BCUT2D eigenvalue weighted by molar-refractivity contribution is 0.157. The molecule has 2 aromatic carbocycles. The van der Waals surface area contributed by atoms with Gasteiger partial charge in [0.2, 0.25) is 10.0 Å². The highest BCUT2D eigenvalue weighted by Gasteiger charge is 2.32. The minimum absolute atomic E-state index is 0.0822. The predicted octanol–water partition coefficient (Wildman–Crippen LogP) is 5.91. The van der Waals surface area contributed by atoms with Gasteiger partial charge < -0.3 is 5.11 Å². The average molecular weight is 480 g/mol. The standard InChI is InChI=1S/C26H38ClNO3S/c1-19(2)15-24(18-29)28(32(30,31)25-13-11-23(27)12-14-25)17-20(3)16-21-7-9-22(10-8-21)26(4,5)6/h7-14,19-20,24,29H,15-18H2,1-6H3. The van der Waals surface area contributed by atoms with E-state index in [1.165, 1.54) is 27.6 Å². The van der Waals surface area contributed by atoms with Gasteiger partial charge in [0.1, 0.15) is 0 Å². The Morgan fingerprint density at radius 1 is 0.969 bits per heavy atom. The molecule has 2 atom stereocenters. The largest absolute Gasteiger partial charge is 0.395 e. The van der Waals surface area contributed by atoms with E-state index in [9.17, 15) is 13.5 Å². The summed E-state index contributed by atoms with van der Waals surface area (Å²) in [5, 5.41) is 10.6. The minimum Gasteiger partial charge on any atom is -0.395 e. The fourth-order valence-corrected chi connectivity index (χ4v) is 5.80. The van der Waals surface area contributed by atoms with Gasteiger partial charge in [-0.1, -0.05) is 77.4 Å². The van der Waals surface area contributed by atoms with Crippen molar-refractivity contribution in [2.24, 2.45) is 11.8 Å². The van der Waals surface area contributed by atoms with Gasteiger partial charge in [-0.3, -0.25) is 0 Å². The number of benzene rings is 2. The maximum Gasteiger partial charge on any atom is 0.243 e. The smallest absolute Gasteiger partial charge is 0.243 e. The first-order chi connectivity index (χ1) is 14.8. The molecule has 0 bridgehead atoms. The second-order valence-electron chi connectivity index (χ2n) is 10.3. The predicted molar refractivity (Wildman–Crippen MR) is 134 cm³/mol. The molecule has 0 aliphatic rings. The van der Waals surface area contributed by atoms with E-state index in [0.717, 1.165) is 6.42 Å². The van der Waals surface area contributed by atoms with Crippen LogP contribution >= 0.6 is 11.6 Å². The fourth-order valence-electron chi connectivity index (χ4n) is 3.93. The van der Waals surface area contributed by atoms with E-state index < -0.39 is 16.1 Å². The first kappa shape index (κ1) is 26.8. The molecule has 32 heavy (non-hydrogen) atoms. The summed E-state index contributed by atoms with van der Waals surface area (Å²) in [6, 6.07) is 14.3. The number of halogens is 1. The first-order valence-electron chi connectivity index (χ1n) is 11.3. The summed E-state index contributed by atoms with van der Waals surface area (Å²) < 4.78 is 28.6. The number of aliphatic hydroxyl groups excluding tert-OH is 1. The van der Waals surface area contributed by atoms with Gasteiger partial charge in [-0.05, 0) is 65.5 Å². The summed E-state index contributed by atoms with van der Waals surface area (Å²) in [6.07, 6.45) is 1.35. The summed E-state index contributed by atoms with van der Waals surface area (Å²) >= 11 is 5.97. The Hall–Kier alpha value is -1.40. The van der Waals surface area contributed by atoms with Crippen molar-refractivity contribution in [3.63, 3.8) is 0 Å². The maximum atomic E-state index is 13.5. The molecule has 0 saturated heterocycles. The molecule has 0 saturated carbocycles. The molecule has 6 heteroatoms. The molecule has 2 unspecified atom stereocenters. The normalized spacial score (nSPS) is 14.7. The van der Waals surface area contributed by atoms with E-state index in [2.05, 4.69) is 52.0 Å². The van der Waals surface area contributed by atoms with Crippen LogP contribution in [-0.2, 0) is 21.9 Å². The van der Waals surface area contributed by atoms with E-state index in [4.69, 9.17) is 11.6 Å². The van der Waals surface area contributed by atoms with Crippen molar-refractivity contribution in [3.8, 4) is 0 Å². The molecule has 0 heterocycles. The molecule has 0 amide bonds. The van der Waals surface area contributed by atoms with Gasteiger partial charge >= 0.3 is 0 Å². The maximum absolute atomic E-state index is 13.5. The second-order valence-corrected chi connectivity index (χ2v) is 12.6. The van der Waals surface area contributed by atoms with Gasteiger partial charge in [0.05, 0.1) is 11.5 Å². The third kappa shape index (κ3) is 7.31. The highest BCUT2D eigenvalue weighted by atomic mass is 35.5. The number of hydrogen-bond donors (Lipinski definition) is 1. The topological polar surface area (TPSA) is 57.6 Å². The molecule has 1 N–H and O–H groups in total. The highest BCUT2D eigenvalue weighted by Crippen LogP contribution is 2.26. The number of aliphatic hydroxyl groups is 1. The minimum atomic E-state index is -3.77. The Balaban J connectivity index is 2.28. The van der Waals surface area contributed by atoms with Crippen molar-refractivity contribution in [1.82, 2.24) is 4.31 Å². The van der Waals surface area contributed by atoms with E-state index in [0.29, 0.717) is 18.0 Å². The van der Waals surface area contributed by atoms with Gasteiger partial charge in [0, 0.05) is 17.6 Å². The zero-order valence-electron chi connectivity index (χ0n) is 20.2. The number of hydrogen-bond acceptors (Lipinski definition) is 3. The average Bonchev–Trinajstić information content (AvgIpc) is 2.70. The van der Waals surface area contributed by atoms with Gasteiger partial charge in [-0.25, -0.2) is 8.42 Å². The lowest BCUT2D eigenvalue weighted by Crippen LogP contribution is -2.45. The zero-order valence-corrected chi connectivity index (χ0v) is 21.7. The highest BCUT2D eigenvalue weighted by molar-refractivity contribution is 7.89.